The van der Waals surface area contributed by atoms with Gasteiger partial charge < -0.3 is 5.32 Å². The zero-order chi connectivity index (χ0) is 13.0. The van der Waals surface area contributed by atoms with E-state index in [0.717, 1.165) is 23.8 Å². The Balaban J connectivity index is 1.90. The molecule has 0 saturated heterocycles. The van der Waals surface area contributed by atoms with Crippen molar-refractivity contribution in [1.29, 1.82) is 0 Å². The van der Waals surface area contributed by atoms with Crippen molar-refractivity contribution in [1.82, 2.24) is 14.7 Å². The number of nitrogens with zero attached hydrogens (tertiary/aromatic N) is 2. The second-order valence-electron chi connectivity index (χ2n) is 5.25. The van der Waals surface area contributed by atoms with Crippen LogP contribution in [0.15, 0.2) is 17.8 Å². The third-order valence-electron chi connectivity index (χ3n) is 3.14. The van der Waals surface area contributed by atoms with E-state index >= 15 is 0 Å². The average Bonchev–Trinajstić information content (AvgIpc) is 2.85. The van der Waals surface area contributed by atoms with Crippen molar-refractivity contribution in [2.24, 2.45) is 5.92 Å². The normalized spacial score (nSPS) is 13.6. The molecule has 2 aromatic rings. The maximum Gasteiger partial charge on any atom is 0.193 e. The summed E-state index contributed by atoms with van der Waals surface area (Å²) in [6.07, 6.45) is 7.72. The second-order valence-corrected chi connectivity index (χ2v) is 6.12. The van der Waals surface area contributed by atoms with Crippen LogP contribution in [-0.4, -0.2) is 22.0 Å². The van der Waals surface area contributed by atoms with E-state index in [1.54, 1.807) is 11.3 Å². The number of imidazole rings is 1. The van der Waals surface area contributed by atoms with Crippen molar-refractivity contribution in [3.63, 3.8) is 0 Å². The van der Waals surface area contributed by atoms with Gasteiger partial charge in [0.2, 0.25) is 0 Å². The van der Waals surface area contributed by atoms with E-state index in [0.29, 0.717) is 6.04 Å². The van der Waals surface area contributed by atoms with E-state index in [4.69, 9.17) is 0 Å². The van der Waals surface area contributed by atoms with Gasteiger partial charge in [0.05, 0.1) is 5.69 Å². The molecule has 2 heterocycles. The predicted molar refractivity (Wildman–Crippen MR) is 78.3 cm³/mol. The van der Waals surface area contributed by atoms with Gasteiger partial charge in [0.25, 0.3) is 0 Å². The molecule has 4 heteroatoms. The van der Waals surface area contributed by atoms with E-state index in [-0.39, 0.29) is 0 Å². The van der Waals surface area contributed by atoms with E-state index in [2.05, 4.69) is 53.2 Å². The Bertz CT molecular complexity index is 444. The van der Waals surface area contributed by atoms with Crippen molar-refractivity contribution >= 4 is 16.3 Å². The SMILES string of the molecule is CCNC(CCc1cn2ccsc2n1)CC(C)C. The largest absolute Gasteiger partial charge is 0.314 e. The summed E-state index contributed by atoms with van der Waals surface area (Å²) in [5.74, 6) is 0.750. The van der Waals surface area contributed by atoms with Gasteiger partial charge in [0.1, 0.15) is 0 Å². The van der Waals surface area contributed by atoms with E-state index < -0.39 is 0 Å². The fourth-order valence-electron chi connectivity index (χ4n) is 2.38. The van der Waals surface area contributed by atoms with Crippen LogP contribution >= 0.6 is 11.3 Å². The number of fused-ring (bicyclic) bond motifs is 1. The Morgan fingerprint density at radius 2 is 2.28 bits per heavy atom. The first-order chi connectivity index (χ1) is 8.69. The smallest absolute Gasteiger partial charge is 0.193 e. The fourth-order valence-corrected chi connectivity index (χ4v) is 3.10. The molecule has 2 rings (SSSR count). The molecule has 0 radical (unpaired) electrons. The molecule has 1 atom stereocenters. The van der Waals surface area contributed by atoms with Crippen LogP contribution in [0.2, 0.25) is 0 Å². The first kappa shape index (κ1) is 13.6. The molecule has 3 nitrogen and oxygen atoms in total. The Morgan fingerprint density at radius 3 is 2.94 bits per heavy atom. The first-order valence-electron chi connectivity index (χ1n) is 6.83. The van der Waals surface area contributed by atoms with Gasteiger partial charge in [-0.3, -0.25) is 4.40 Å². The lowest BCUT2D eigenvalue weighted by Crippen LogP contribution is -2.30. The van der Waals surface area contributed by atoms with Crippen molar-refractivity contribution in [3.8, 4) is 0 Å². The van der Waals surface area contributed by atoms with Crippen LogP contribution in [0.4, 0.5) is 0 Å². The summed E-state index contributed by atoms with van der Waals surface area (Å²) in [6, 6.07) is 0.620. The van der Waals surface area contributed by atoms with Crippen molar-refractivity contribution in [2.45, 2.75) is 46.1 Å². The van der Waals surface area contributed by atoms with Crippen LogP contribution in [0.1, 0.15) is 39.3 Å². The molecule has 0 aromatic carbocycles. The number of thiazole rings is 1. The molecule has 18 heavy (non-hydrogen) atoms. The van der Waals surface area contributed by atoms with Crippen molar-refractivity contribution in [2.75, 3.05) is 6.54 Å². The molecule has 0 bridgehead atoms. The molecule has 0 aliphatic heterocycles. The van der Waals surface area contributed by atoms with Gasteiger partial charge >= 0.3 is 0 Å². The predicted octanol–water partition coefficient (Wildman–Crippen LogP) is 3.35. The summed E-state index contributed by atoms with van der Waals surface area (Å²) in [5.41, 5.74) is 1.22. The zero-order valence-electron chi connectivity index (χ0n) is 11.5. The monoisotopic (exact) mass is 265 g/mol. The topological polar surface area (TPSA) is 29.3 Å². The number of nitrogens with one attached hydrogen (secondary N) is 1. The van der Waals surface area contributed by atoms with Gasteiger partial charge in [-0.2, -0.15) is 0 Å². The van der Waals surface area contributed by atoms with E-state index in [1.807, 2.05) is 0 Å². The Kier molecular flexibility index (Phi) is 4.78. The standard InChI is InChI=1S/C14H23N3S/c1-4-15-12(9-11(2)3)5-6-13-10-17-7-8-18-14(17)16-13/h7-8,10-12,15H,4-6,9H2,1-3H3. The number of rotatable bonds is 7. The molecular formula is C14H23N3S. The first-order valence-corrected chi connectivity index (χ1v) is 7.71. The van der Waals surface area contributed by atoms with Crippen molar-refractivity contribution in [3.05, 3.63) is 23.5 Å². The van der Waals surface area contributed by atoms with Crippen molar-refractivity contribution < 1.29 is 0 Å². The minimum Gasteiger partial charge on any atom is -0.314 e. The van der Waals surface area contributed by atoms with Crippen LogP contribution in [0.5, 0.6) is 0 Å². The molecule has 0 spiro atoms. The van der Waals surface area contributed by atoms with Gasteiger partial charge in [0, 0.05) is 23.8 Å². The summed E-state index contributed by atoms with van der Waals surface area (Å²) in [4.78, 5) is 5.74. The maximum absolute atomic E-state index is 4.64. The van der Waals surface area contributed by atoms with Gasteiger partial charge in [0.15, 0.2) is 4.96 Å². The molecule has 2 aromatic heterocycles. The van der Waals surface area contributed by atoms with E-state index in [1.165, 1.54) is 18.5 Å². The lowest BCUT2D eigenvalue weighted by molar-refractivity contribution is 0.404. The van der Waals surface area contributed by atoms with Crippen LogP contribution in [0, 0.1) is 5.92 Å². The quantitative estimate of drug-likeness (QED) is 0.832. The Hall–Kier alpha value is -0.870. The highest BCUT2D eigenvalue weighted by Crippen LogP contribution is 2.15. The third-order valence-corrected chi connectivity index (χ3v) is 3.91. The average molecular weight is 265 g/mol. The molecule has 0 amide bonds. The van der Waals surface area contributed by atoms with Gasteiger partial charge in [-0.15, -0.1) is 11.3 Å². The summed E-state index contributed by atoms with van der Waals surface area (Å²) in [7, 11) is 0. The lowest BCUT2D eigenvalue weighted by Gasteiger charge is -2.19. The highest BCUT2D eigenvalue weighted by molar-refractivity contribution is 7.15. The van der Waals surface area contributed by atoms with Crippen LogP contribution in [0.25, 0.3) is 4.96 Å². The van der Waals surface area contributed by atoms with Crippen LogP contribution in [0.3, 0.4) is 0 Å². The van der Waals surface area contributed by atoms with E-state index in [9.17, 15) is 0 Å². The third kappa shape index (κ3) is 3.56. The molecular weight excluding hydrogens is 242 g/mol. The van der Waals surface area contributed by atoms with Gasteiger partial charge in [-0.05, 0) is 31.7 Å². The summed E-state index contributed by atoms with van der Waals surface area (Å²) in [5, 5.41) is 5.66. The highest BCUT2D eigenvalue weighted by atomic mass is 32.1. The number of hydrogen-bond acceptors (Lipinski definition) is 3. The molecule has 1 unspecified atom stereocenters. The minimum atomic E-state index is 0.620. The zero-order valence-corrected chi connectivity index (χ0v) is 12.3. The lowest BCUT2D eigenvalue weighted by atomic mass is 9.99. The molecule has 0 aliphatic rings. The van der Waals surface area contributed by atoms with Gasteiger partial charge in [-0.25, -0.2) is 4.98 Å². The second kappa shape index (κ2) is 6.34. The minimum absolute atomic E-state index is 0.620. The Morgan fingerprint density at radius 1 is 1.44 bits per heavy atom. The summed E-state index contributed by atoms with van der Waals surface area (Å²) >= 11 is 1.70. The highest BCUT2D eigenvalue weighted by Gasteiger charge is 2.11. The number of hydrogen-bond donors (Lipinski definition) is 1. The summed E-state index contributed by atoms with van der Waals surface area (Å²) in [6.45, 7) is 7.81. The molecule has 0 saturated carbocycles. The van der Waals surface area contributed by atoms with Crippen LogP contribution < -0.4 is 5.32 Å². The molecule has 0 aliphatic carbocycles. The van der Waals surface area contributed by atoms with Gasteiger partial charge in [-0.1, -0.05) is 20.8 Å². The molecule has 100 valence electrons. The molecule has 0 fully saturated rings. The molecule has 1 N–H and O–H groups in total. The number of aryl methyl sites for hydroxylation is 1. The maximum atomic E-state index is 4.64. The summed E-state index contributed by atoms with van der Waals surface area (Å²) < 4.78 is 2.12. The number of aromatic nitrogens is 2. The Labute approximate surface area is 113 Å². The van der Waals surface area contributed by atoms with Crippen LogP contribution in [-0.2, 0) is 6.42 Å². The fraction of sp³-hybridized carbons (Fsp3) is 0.643.